The van der Waals surface area contributed by atoms with Crippen LogP contribution in [0.3, 0.4) is 0 Å². The molecule has 0 aliphatic heterocycles. The van der Waals surface area contributed by atoms with Crippen LogP contribution < -0.4 is 10.5 Å². The third-order valence-electron chi connectivity index (χ3n) is 1.48. The van der Waals surface area contributed by atoms with Crippen LogP contribution in [0.1, 0.15) is 5.69 Å². The van der Waals surface area contributed by atoms with E-state index in [4.69, 9.17) is 5.73 Å². The van der Waals surface area contributed by atoms with E-state index in [1.807, 2.05) is 0 Å². The highest BCUT2D eigenvalue weighted by Crippen LogP contribution is 2.06. The SMILES string of the molecule is Cc1cccc(NS(=O)(=O)CC(N)=S)n1. The maximum atomic E-state index is 11.4. The molecule has 1 heterocycles. The lowest BCUT2D eigenvalue weighted by Gasteiger charge is -2.06. The van der Waals surface area contributed by atoms with E-state index in [1.54, 1.807) is 25.1 Å². The lowest BCUT2D eigenvalue weighted by atomic mass is 10.4. The number of aryl methyl sites for hydroxylation is 1. The van der Waals surface area contributed by atoms with Gasteiger partial charge in [-0.15, -0.1) is 0 Å². The van der Waals surface area contributed by atoms with Gasteiger partial charge < -0.3 is 5.73 Å². The summed E-state index contributed by atoms with van der Waals surface area (Å²) in [5.74, 6) is -0.107. The zero-order chi connectivity index (χ0) is 11.5. The Bertz CT molecular complexity index is 471. The van der Waals surface area contributed by atoms with Gasteiger partial charge in [-0.2, -0.15) is 0 Å². The number of sulfonamides is 1. The number of pyridine rings is 1. The Morgan fingerprint density at radius 2 is 2.27 bits per heavy atom. The Morgan fingerprint density at radius 1 is 1.60 bits per heavy atom. The number of anilines is 1. The van der Waals surface area contributed by atoms with E-state index < -0.39 is 10.0 Å². The summed E-state index contributed by atoms with van der Waals surface area (Å²) < 4.78 is 25.1. The van der Waals surface area contributed by atoms with E-state index in [0.29, 0.717) is 0 Å². The molecule has 15 heavy (non-hydrogen) atoms. The number of thiocarbonyl (C=S) groups is 1. The average molecular weight is 245 g/mol. The molecular weight excluding hydrogens is 234 g/mol. The van der Waals surface area contributed by atoms with Gasteiger partial charge in [-0.05, 0) is 19.1 Å². The third-order valence-corrected chi connectivity index (χ3v) is 3.02. The van der Waals surface area contributed by atoms with Gasteiger partial charge >= 0.3 is 0 Å². The maximum Gasteiger partial charge on any atom is 0.240 e. The highest BCUT2D eigenvalue weighted by molar-refractivity contribution is 7.95. The highest BCUT2D eigenvalue weighted by Gasteiger charge is 2.12. The third kappa shape index (κ3) is 4.22. The van der Waals surface area contributed by atoms with Crippen molar-refractivity contribution in [2.24, 2.45) is 5.73 Å². The molecule has 0 unspecified atom stereocenters. The molecule has 1 aromatic rings. The molecule has 0 aromatic carbocycles. The second kappa shape index (κ2) is 4.54. The summed E-state index contributed by atoms with van der Waals surface area (Å²) in [5.41, 5.74) is 5.88. The number of nitrogens with two attached hydrogens (primary N) is 1. The molecule has 0 saturated carbocycles. The van der Waals surface area contributed by atoms with Crippen LogP contribution in [-0.4, -0.2) is 24.1 Å². The first-order valence-corrected chi connectivity index (χ1v) is 6.17. The summed E-state index contributed by atoms with van der Waals surface area (Å²) in [4.78, 5) is 3.92. The van der Waals surface area contributed by atoms with Crippen LogP contribution in [0.4, 0.5) is 5.82 Å². The molecule has 1 rings (SSSR count). The van der Waals surface area contributed by atoms with E-state index in [-0.39, 0.29) is 16.6 Å². The second-order valence-electron chi connectivity index (χ2n) is 2.99. The number of nitrogens with zero attached hydrogens (tertiary/aromatic N) is 1. The monoisotopic (exact) mass is 245 g/mol. The molecule has 0 aliphatic rings. The Morgan fingerprint density at radius 3 is 2.80 bits per heavy atom. The summed E-state index contributed by atoms with van der Waals surface area (Å²) in [5, 5.41) is 0. The summed E-state index contributed by atoms with van der Waals surface area (Å²) in [6.07, 6.45) is 0. The van der Waals surface area contributed by atoms with Gasteiger partial charge in [0.15, 0.2) is 0 Å². The Balaban J connectivity index is 2.82. The predicted molar refractivity (Wildman–Crippen MR) is 63.2 cm³/mol. The molecular formula is C8H11N3O2S2. The maximum absolute atomic E-state index is 11.4. The minimum atomic E-state index is -3.53. The second-order valence-corrected chi connectivity index (χ2v) is 5.24. The first kappa shape index (κ1) is 11.9. The quantitative estimate of drug-likeness (QED) is 0.751. The molecule has 0 spiro atoms. The van der Waals surface area contributed by atoms with Crippen molar-refractivity contribution < 1.29 is 8.42 Å². The molecule has 0 amide bonds. The molecule has 0 radical (unpaired) electrons. The van der Waals surface area contributed by atoms with E-state index in [0.717, 1.165) is 5.69 Å². The van der Waals surface area contributed by atoms with Gasteiger partial charge in [0, 0.05) is 5.69 Å². The van der Waals surface area contributed by atoms with Gasteiger partial charge in [0.05, 0.1) is 4.99 Å². The summed E-state index contributed by atoms with van der Waals surface area (Å²) in [6, 6.07) is 5.04. The zero-order valence-electron chi connectivity index (χ0n) is 8.10. The summed E-state index contributed by atoms with van der Waals surface area (Å²) in [7, 11) is -3.53. The van der Waals surface area contributed by atoms with Crippen LogP contribution in [0.25, 0.3) is 0 Å². The Kier molecular flexibility index (Phi) is 3.59. The molecule has 0 fully saturated rings. The van der Waals surface area contributed by atoms with Crippen LogP contribution >= 0.6 is 12.2 Å². The van der Waals surface area contributed by atoms with E-state index in [1.165, 1.54) is 0 Å². The molecule has 0 atom stereocenters. The van der Waals surface area contributed by atoms with Gasteiger partial charge in [-0.3, -0.25) is 4.72 Å². The first-order valence-electron chi connectivity index (χ1n) is 4.11. The van der Waals surface area contributed by atoms with Crippen molar-refractivity contribution >= 4 is 33.0 Å². The molecule has 0 saturated heterocycles. The lowest BCUT2D eigenvalue weighted by Crippen LogP contribution is -2.26. The van der Waals surface area contributed by atoms with Crippen LogP contribution in [0.5, 0.6) is 0 Å². The van der Waals surface area contributed by atoms with Crippen molar-refractivity contribution in [2.75, 3.05) is 10.5 Å². The lowest BCUT2D eigenvalue weighted by molar-refractivity contribution is 0.604. The fraction of sp³-hybridized carbons (Fsp3) is 0.250. The average Bonchev–Trinajstić information content (AvgIpc) is 1.99. The van der Waals surface area contributed by atoms with Crippen molar-refractivity contribution in [2.45, 2.75) is 6.92 Å². The van der Waals surface area contributed by atoms with Gasteiger partial charge in [-0.25, -0.2) is 13.4 Å². The molecule has 0 bridgehead atoms. The van der Waals surface area contributed by atoms with Gasteiger partial charge in [0.2, 0.25) is 10.0 Å². The summed E-state index contributed by atoms with van der Waals surface area (Å²) >= 11 is 4.52. The Labute approximate surface area is 93.8 Å². The van der Waals surface area contributed by atoms with Gasteiger partial charge in [0.25, 0.3) is 0 Å². The van der Waals surface area contributed by atoms with Crippen molar-refractivity contribution in [1.29, 1.82) is 0 Å². The highest BCUT2D eigenvalue weighted by atomic mass is 32.2. The molecule has 82 valence electrons. The van der Waals surface area contributed by atoms with Crippen molar-refractivity contribution in [3.8, 4) is 0 Å². The molecule has 5 nitrogen and oxygen atoms in total. The number of rotatable bonds is 4. The van der Waals surface area contributed by atoms with Crippen LogP contribution in [0, 0.1) is 6.92 Å². The topological polar surface area (TPSA) is 85.1 Å². The molecule has 1 aromatic heterocycles. The van der Waals surface area contributed by atoms with E-state index >= 15 is 0 Å². The van der Waals surface area contributed by atoms with Crippen LogP contribution in [0.15, 0.2) is 18.2 Å². The zero-order valence-corrected chi connectivity index (χ0v) is 9.73. The van der Waals surface area contributed by atoms with E-state index in [2.05, 4.69) is 21.9 Å². The predicted octanol–water partition coefficient (Wildman–Crippen LogP) is 0.418. The minimum Gasteiger partial charge on any atom is -0.392 e. The fourth-order valence-corrected chi connectivity index (χ4v) is 2.33. The smallest absolute Gasteiger partial charge is 0.240 e. The van der Waals surface area contributed by atoms with Crippen LogP contribution in [-0.2, 0) is 10.0 Å². The molecule has 0 aliphatic carbocycles. The van der Waals surface area contributed by atoms with Crippen molar-refractivity contribution in [3.63, 3.8) is 0 Å². The number of nitrogens with one attached hydrogen (secondary N) is 1. The van der Waals surface area contributed by atoms with Gasteiger partial charge in [0.1, 0.15) is 11.6 Å². The Hall–Kier alpha value is -1.21. The number of hydrogen-bond donors (Lipinski definition) is 2. The van der Waals surface area contributed by atoms with Crippen molar-refractivity contribution in [3.05, 3.63) is 23.9 Å². The largest absolute Gasteiger partial charge is 0.392 e. The van der Waals surface area contributed by atoms with Gasteiger partial charge in [-0.1, -0.05) is 18.3 Å². The number of aromatic nitrogens is 1. The van der Waals surface area contributed by atoms with Crippen molar-refractivity contribution in [1.82, 2.24) is 4.98 Å². The fourth-order valence-electron chi connectivity index (χ4n) is 0.983. The minimum absolute atomic E-state index is 0.0739. The molecule has 7 heteroatoms. The number of hydrogen-bond acceptors (Lipinski definition) is 4. The molecule has 3 N–H and O–H groups in total. The first-order chi connectivity index (χ1) is 6.89. The summed E-state index contributed by atoms with van der Waals surface area (Å²) in [6.45, 7) is 1.77. The van der Waals surface area contributed by atoms with E-state index in [9.17, 15) is 8.42 Å². The normalized spacial score (nSPS) is 11.0. The van der Waals surface area contributed by atoms with Crippen LogP contribution in [0.2, 0.25) is 0 Å². The standard InChI is InChI=1S/C8H11N3O2S2/c1-6-3-2-4-8(10-6)11-15(12,13)5-7(9)14/h2-4H,5H2,1H3,(H2,9,14)(H,10,11).